The Labute approximate surface area is 118 Å². The highest BCUT2D eigenvalue weighted by molar-refractivity contribution is 5.97. The number of carbonyl (C=O) groups excluding carboxylic acids is 1. The van der Waals surface area contributed by atoms with Crippen LogP contribution in [0.15, 0.2) is 24.3 Å². The van der Waals surface area contributed by atoms with E-state index in [1.165, 1.54) is 5.56 Å². The number of carbonyl (C=O) groups is 1. The van der Waals surface area contributed by atoms with E-state index in [0.717, 1.165) is 37.7 Å². The number of rotatable bonds is 8. The van der Waals surface area contributed by atoms with Gasteiger partial charge in [0.1, 0.15) is 0 Å². The normalized spacial score (nSPS) is 12.7. The Morgan fingerprint density at radius 2 is 1.74 bits per heavy atom. The molecule has 1 heteroatoms. The molecule has 19 heavy (non-hydrogen) atoms. The minimum Gasteiger partial charge on any atom is -0.294 e. The van der Waals surface area contributed by atoms with Crippen molar-refractivity contribution in [2.24, 2.45) is 11.8 Å². The van der Waals surface area contributed by atoms with Crippen LogP contribution in [0.3, 0.4) is 0 Å². The third-order valence-corrected chi connectivity index (χ3v) is 3.65. The summed E-state index contributed by atoms with van der Waals surface area (Å²) in [5.74, 6) is 1.19. The van der Waals surface area contributed by atoms with Gasteiger partial charge in [-0.3, -0.25) is 4.79 Å². The Morgan fingerprint density at radius 1 is 1.11 bits per heavy atom. The summed E-state index contributed by atoms with van der Waals surface area (Å²) in [4.78, 5) is 12.4. The van der Waals surface area contributed by atoms with E-state index in [-0.39, 0.29) is 5.92 Å². The van der Waals surface area contributed by atoms with E-state index in [4.69, 9.17) is 0 Å². The van der Waals surface area contributed by atoms with Crippen LogP contribution in [0.1, 0.15) is 69.3 Å². The van der Waals surface area contributed by atoms with Gasteiger partial charge in [0, 0.05) is 11.5 Å². The Hall–Kier alpha value is -1.11. The molecule has 1 aromatic rings. The molecular weight excluding hydrogens is 232 g/mol. The maximum absolute atomic E-state index is 12.4. The summed E-state index contributed by atoms with van der Waals surface area (Å²) in [6, 6.07) is 8.24. The monoisotopic (exact) mass is 260 g/mol. The molecule has 106 valence electrons. The molecule has 0 heterocycles. The summed E-state index contributed by atoms with van der Waals surface area (Å²) in [5, 5.41) is 0. The van der Waals surface area contributed by atoms with Crippen LogP contribution in [0.2, 0.25) is 0 Å². The molecule has 0 radical (unpaired) electrons. The highest BCUT2D eigenvalue weighted by atomic mass is 16.1. The summed E-state index contributed by atoms with van der Waals surface area (Å²) < 4.78 is 0. The fraction of sp³-hybridized carbons (Fsp3) is 0.611. The topological polar surface area (TPSA) is 17.1 Å². The highest BCUT2D eigenvalue weighted by Gasteiger charge is 2.17. The molecule has 0 fully saturated rings. The quantitative estimate of drug-likeness (QED) is 0.581. The van der Waals surface area contributed by atoms with Gasteiger partial charge in [0.25, 0.3) is 0 Å². The van der Waals surface area contributed by atoms with Crippen LogP contribution in [0, 0.1) is 11.8 Å². The number of unbranched alkanes of at least 4 members (excludes halogenated alkanes) is 1. The lowest BCUT2D eigenvalue weighted by Crippen LogP contribution is -2.14. The summed E-state index contributed by atoms with van der Waals surface area (Å²) in [6.45, 7) is 8.73. The van der Waals surface area contributed by atoms with Gasteiger partial charge < -0.3 is 0 Å². The number of ketones is 1. The van der Waals surface area contributed by atoms with Crippen LogP contribution >= 0.6 is 0 Å². The van der Waals surface area contributed by atoms with Gasteiger partial charge in [0.05, 0.1) is 0 Å². The molecule has 0 aliphatic rings. The molecular formula is C18H28O. The first-order chi connectivity index (χ1) is 9.08. The lowest BCUT2D eigenvalue weighted by atomic mass is 9.90. The zero-order valence-electron chi connectivity index (χ0n) is 12.9. The molecule has 1 nitrogen and oxygen atoms in total. The molecule has 0 aromatic heterocycles. The van der Waals surface area contributed by atoms with Gasteiger partial charge in [-0.15, -0.1) is 0 Å². The molecule has 1 atom stereocenters. The molecule has 1 unspecified atom stereocenters. The van der Waals surface area contributed by atoms with Crippen molar-refractivity contribution in [2.45, 2.75) is 59.8 Å². The molecule has 0 aliphatic carbocycles. The third kappa shape index (κ3) is 5.18. The number of benzene rings is 1. The Bertz CT molecular complexity index is 375. The van der Waals surface area contributed by atoms with Crippen LogP contribution in [0.5, 0.6) is 0 Å². The van der Waals surface area contributed by atoms with Crippen molar-refractivity contribution in [1.82, 2.24) is 0 Å². The van der Waals surface area contributed by atoms with E-state index in [0.29, 0.717) is 11.7 Å². The second kappa shape index (κ2) is 8.14. The fourth-order valence-electron chi connectivity index (χ4n) is 2.48. The lowest BCUT2D eigenvalue weighted by Gasteiger charge is -2.13. The van der Waals surface area contributed by atoms with Gasteiger partial charge in [-0.25, -0.2) is 0 Å². The molecule has 0 aliphatic heterocycles. The van der Waals surface area contributed by atoms with E-state index >= 15 is 0 Å². The van der Waals surface area contributed by atoms with E-state index in [1.807, 2.05) is 12.1 Å². The fourth-order valence-corrected chi connectivity index (χ4v) is 2.48. The third-order valence-electron chi connectivity index (χ3n) is 3.65. The highest BCUT2D eigenvalue weighted by Crippen LogP contribution is 2.19. The lowest BCUT2D eigenvalue weighted by molar-refractivity contribution is 0.0908. The van der Waals surface area contributed by atoms with Gasteiger partial charge in [-0.1, -0.05) is 64.8 Å². The Balaban J connectivity index is 2.70. The molecule has 0 saturated carbocycles. The van der Waals surface area contributed by atoms with Gasteiger partial charge in [0.15, 0.2) is 5.78 Å². The second-order valence-electron chi connectivity index (χ2n) is 5.91. The smallest absolute Gasteiger partial charge is 0.165 e. The minimum atomic E-state index is 0.205. The SMILES string of the molecule is CCCCC(CC)C(=O)c1ccc(CC(C)C)cc1. The van der Waals surface area contributed by atoms with E-state index < -0.39 is 0 Å². The van der Waals surface area contributed by atoms with Crippen molar-refractivity contribution >= 4 is 5.78 Å². The predicted octanol–water partition coefficient (Wildman–Crippen LogP) is 5.28. The summed E-state index contributed by atoms with van der Waals surface area (Å²) in [5.41, 5.74) is 2.21. The first kappa shape index (κ1) is 15.9. The summed E-state index contributed by atoms with van der Waals surface area (Å²) >= 11 is 0. The van der Waals surface area contributed by atoms with Crippen molar-refractivity contribution in [2.75, 3.05) is 0 Å². The molecule has 1 rings (SSSR count). The van der Waals surface area contributed by atoms with Crippen molar-refractivity contribution in [1.29, 1.82) is 0 Å². The summed E-state index contributed by atoms with van der Waals surface area (Å²) in [7, 11) is 0. The van der Waals surface area contributed by atoms with Crippen LogP contribution in [0.25, 0.3) is 0 Å². The van der Waals surface area contributed by atoms with Crippen LogP contribution in [0.4, 0.5) is 0 Å². The summed E-state index contributed by atoms with van der Waals surface area (Å²) in [6.07, 6.45) is 5.38. The van der Waals surface area contributed by atoms with Crippen molar-refractivity contribution < 1.29 is 4.79 Å². The van der Waals surface area contributed by atoms with Crippen molar-refractivity contribution in [3.8, 4) is 0 Å². The maximum Gasteiger partial charge on any atom is 0.165 e. The molecule has 0 spiro atoms. The Kier molecular flexibility index (Phi) is 6.83. The van der Waals surface area contributed by atoms with E-state index in [9.17, 15) is 4.79 Å². The van der Waals surface area contributed by atoms with Crippen LogP contribution in [-0.2, 0) is 6.42 Å². The number of hydrogen-bond donors (Lipinski definition) is 0. The van der Waals surface area contributed by atoms with E-state index in [1.54, 1.807) is 0 Å². The predicted molar refractivity (Wildman–Crippen MR) is 82.6 cm³/mol. The molecule has 0 amide bonds. The molecule has 1 aromatic carbocycles. The van der Waals surface area contributed by atoms with E-state index in [2.05, 4.69) is 39.8 Å². The van der Waals surface area contributed by atoms with Gasteiger partial charge >= 0.3 is 0 Å². The van der Waals surface area contributed by atoms with Crippen LogP contribution in [-0.4, -0.2) is 5.78 Å². The van der Waals surface area contributed by atoms with Crippen LogP contribution < -0.4 is 0 Å². The first-order valence-electron chi connectivity index (χ1n) is 7.71. The van der Waals surface area contributed by atoms with Gasteiger partial charge in [-0.2, -0.15) is 0 Å². The standard InChI is InChI=1S/C18H28O/c1-5-7-8-16(6-2)18(19)17-11-9-15(10-12-17)13-14(3)4/h9-12,14,16H,5-8,13H2,1-4H3. The average Bonchev–Trinajstić information content (AvgIpc) is 2.39. The largest absolute Gasteiger partial charge is 0.294 e. The molecule has 0 bridgehead atoms. The average molecular weight is 260 g/mol. The molecule has 0 saturated heterocycles. The number of Topliss-reactive ketones (excluding diaryl/α,β-unsaturated/α-hetero) is 1. The maximum atomic E-state index is 12.4. The van der Waals surface area contributed by atoms with Gasteiger partial charge in [-0.05, 0) is 30.7 Å². The van der Waals surface area contributed by atoms with Gasteiger partial charge in [0.2, 0.25) is 0 Å². The zero-order chi connectivity index (χ0) is 14.3. The number of hydrogen-bond acceptors (Lipinski definition) is 1. The first-order valence-corrected chi connectivity index (χ1v) is 7.71. The van der Waals surface area contributed by atoms with Crippen molar-refractivity contribution in [3.05, 3.63) is 35.4 Å². The Morgan fingerprint density at radius 3 is 2.21 bits per heavy atom. The van der Waals surface area contributed by atoms with Crippen molar-refractivity contribution in [3.63, 3.8) is 0 Å². The second-order valence-corrected chi connectivity index (χ2v) is 5.91. The minimum absolute atomic E-state index is 0.205. The zero-order valence-corrected chi connectivity index (χ0v) is 12.9. The molecule has 0 N–H and O–H groups in total.